The van der Waals surface area contributed by atoms with Crippen LogP contribution in [0.3, 0.4) is 0 Å². The van der Waals surface area contributed by atoms with Gasteiger partial charge in [-0.05, 0) is 32.3 Å². The van der Waals surface area contributed by atoms with Gasteiger partial charge in [0.25, 0.3) is 5.56 Å². The second-order valence-electron chi connectivity index (χ2n) is 7.24. The van der Waals surface area contributed by atoms with Gasteiger partial charge >= 0.3 is 5.97 Å². The Hall–Kier alpha value is -2.22. The summed E-state index contributed by atoms with van der Waals surface area (Å²) in [6.45, 7) is 3.65. The van der Waals surface area contributed by atoms with Crippen LogP contribution in [0.25, 0.3) is 10.2 Å². The monoisotopic (exact) mass is 405 g/mol. The van der Waals surface area contributed by atoms with Gasteiger partial charge in [0.2, 0.25) is 5.91 Å². The molecule has 1 saturated carbocycles. The molecule has 0 spiro atoms. The molecule has 2 aromatic rings. The molecular formula is C20H27N3O4S. The fraction of sp³-hybridized carbons (Fsp3) is 0.600. The highest BCUT2D eigenvalue weighted by Gasteiger charge is 2.21. The first-order chi connectivity index (χ1) is 13.5. The minimum Gasteiger partial charge on any atom is -0.462 e. The van der Waals surface area contributed by atoms with Gasteiger partial charge in [0.1, 0.15) is 16.3 Å². The molecule has 0 aromatic carbocycles. The number of nitrogens with zero attached hydrogens (tertiary/aromatic N) is 2. The summed E-state index contributed by atoms with van der Waals surface area (Å²) >= 11 is 1.15. The first-order valence-corrected chi connectivity index (χ1v) is 10.8. The predicted molar refractivity (Wildman–Crippen MR) is 109 cm³/mol. The van der Waals surface area contributed by atoms with Crippen LogP contribution in [0.2, 0.25) is 0 Å². The van der Waals surface area contributed by atoms with Gasteiger partial charge in [0, 0.05) is 6.04 Å². The number of aryl methyl sites for hydroxylation is 1. The van der Waals surface area contributed by atoms with Crippen molar-refractivity contribution in [1.29, 1.82) is 0 Å². The van der Waals surface area contributed by atoms with Gasteiger partial charge < -0.3 is 10.1 Å². The summed E-state index contributed by atoms with van der Waals surface area (Å²) < 4.78 is 6.36. The molecule has 0 saturated heterocycles. The topological polar surface area (TPSA) is 90.3 Å². The molecule has 1 fully saturated rings. The lowest BCUT2D eigenvalue weighted by atomic mass is 9.97. The Labute approximate surface area is 168 Å². The minimum absolute atomic E-state index is 0.0672. The Kier molecular flexibility index (Phi) is 6.83. The zero-order valence-corrected chi connectivity index (χ0v) is 17.3. The summed E-state index contributed by atoms with van der Waals surface area (Å²) in [6.07, 6.45) is 9.32. The molecule has 1 amide bonds. The summed E-state index contributed by atoms with van der Waals surface area (Å²) in [7, 11) is 0. The van der Waals surface area contributed by atoms with Crippen LogP contribution in [0.15, 0.2) is 11.1 Å². The highest BCUT2D eigenvalue weighted by molar-refractivity contribution is 7.20. The number of hydrogen-bond acceptors (Lipinski definition) is 6. The van der Waals surface area contributed by atoms with Crippen LogP contribution < -0.4 is 10.9 Å². The van der Waals surface area contributed by atoms with Crippen molar-refractivity contribution in [1.82, 2.24) is 14.9 Å². The second kappa shape index (κ2) is 9.32. The van der Waals surface area contributed by atoms with E-state index in [0.717, 1.165) is 37.0 Å². The number of ether oxygens (including phenoxy) is 1. The van der Waals surface area contributed by atoms with Crippen molar-refractivity contribution in [3.05, 3.63) is 27.1 Å². The third-order valence-electron chi connectivity index (χ3n) is 5.16. The zero-order chi connectivity index (χ0) is 20.1. The van der Waals surface area contributed by atoms with Crippen molar-refractivity contribution in [3.8, 4) is 0 Å². The third kappa shape index (κ3) is 4.60. The van der Waals surface area contributed by atoms with E-state index in [1.54, 1.807) is 13.8 Å². The Morgan fingerprint density at radius 2 is 1.93 bits per heavy atom. The quantitative estimate of drug-likeness (QED) is 0.772. The Bertz CT molecular complexity index is 910. The van der Waals surface area contributed by atoms with Crippen LogP contribution in [0.4, 0.5) is 0 Å². The van der Waals surface area contributed by atoms with Crippen molar-refractivity contribution in [2.75, 3.05) is 6.61 Å². The molecule has 0 unspecified atom stereocenters. The highest BCUT2D eigenvalue weighted by Crippen LogP contribution is 2.27. The Morgan fingerprint density at radius 3 is 2.61 bits per heavy atom. The minimum atomic E-state index is -0.448. The van der Waals surface area contributed by atoms with Crippen molar-refractivity contribution >= 4 is 33.4 Å². The SMILES string of the molecule is CCOC(=O)c1sc2ncn(CC(=O)NC3CCCCCCC3)c(=O)c2c1C. The fourth-order valence-electron chi connectivity index (χ4n) is 3.69. The van der Waals surface area contributed by atoms with Crippen LogP contribution in [-0.2, 0) is 16.1 Å². The van der Waals surface area contributed by atoms with Crippen LogP contribution in [-0.4, -0.2) is 34.1 Å². The Morgan fingerprint density at radius 1 is 1.25 bits per heavy atom. The molecule has 2 aromatic heterocycles. The summed E-state index contributed by atoms with van der Waals surface area (Å²) in [4.78, 5) is 42.6. The summed E-state index contributed by atoms with van der Waals surface area (Å²) in [6, 6.07) is 0.179. The zero-order valence-electron chi connectivity index (χ0n) is 16.5. The number of rotatable bonds is 5. The number of fused-ring (bicyclic) bond motifs is 1. The number of nitrogens with one attached hydrogen (secondary N) is 1. The molecule has 152 valence electrons. The van der Waals surface area contributed by atoms with Gasteiger partial charge in [0.05, 0.1) is 18.3 Å². The summed E-state index contributed by atoms with van der Waals surface area (Å²) in [5.74, 6) is -0.622. The largest absolute Gasteiger partial charge is 0.462 e. The number of amides is 1. The predicted octanol–water partition coefficient (Wildman–Crippen LogP) is 3.17. The molecule has 2 heterocycles. The molecule has 0 atom stereocenters. The number of hydrogen-bond donors (Lipinski definition) is 1. The molecule has 28 heavy (non-hydrogen) atoms. The van der Waals surface area contributed by atoms with Crippen molar-refractivity contribution < 1.29 is 14.3 Å². The van der Waals surface area contributed by atoms with E-state index in [9.17, 15) is 14.4 Å². The van der Waals surface area contributed by atoms with Crippen molar-refractivity contribution in [2.45, 2.75) is 71.4 Å². The maximum absolute atomic E-state index is 12.9. The van der Waals surface area contributed by atoms with Crippen LogP contribution in [0.5, 0.6) is 0 Å². The van der Waals surface area contributed by atoms with Gasteiger partial charge in [-0.3, -0.25) is 14.2 Å². The van der Waals surface area contributed by atoms with Gasteiger partial charge in [-0.1, -0.05) is 32.1 Å². The molecule has 0 bridgehead atoms. The van der Waals surface area contributed by atoms with Crippen molar-refractivity contribution in [3.63, 3.8) is 0 Å². The lowest BCUT2D eigenvalue weighted by Crippen LogP contribution is -2.39. The van der Waals surface area contributed by atoms with E-state index < -0.39 is 5.97 Å². The van der Waals surface area contributed by atoms with Crippen molar-refractivity contribution in [2.24, 2.45) is 0 Å². The molecule has 1 aliphatic rings. The van der Waals surface area contributed by atoms with E-state index in [1.807, 2.05) is 0 Å². The molecular weight excluding hydrogens is 378 g/mol. The second-order valence-corrected chi connectivity index (χ2v) is 8.24. The van der Waals surface area contributed by atoms with E-state index in [-0.39, 0.29) is 30.7 Å². The average Bonchev–Trinajstić information content (AvgIpc) is 2.97. The van der Waals surface area contributed by atoms with Crippen LogP contribution in [0, 0.1) is 6.92 Å². The van der Waals surface area contributed by atoms with E-state index in [2.05, 4.69) is 10.3 Å². The number of thiophene rings is 1. The maximum Gasteiger partial charge on any atom is 0.348 e. The lowest BCUT2D eigenvalue weighted by Gasteiger charge is -2.21. The number of carbonyl (C=O) groups is 2. The van der Waals surface area contributed by atoms with E-state index in [1.165, 1.54) is 30.2 Å². The molecule has 1 aliphatic carbocycles. The molecule has 0 radical (unpaired) electrons. The molecule has 7 nitrogen and oxygen atoms in total. The molecule has 1 N–H and O–H groups in total. The average molecular weight is 406 g/mol. The normalized spacial score (nSPS) is 15.8. The van der Waals surface area contributed by atoms with Gasteiger partial charge in [-0.25, -0.2) is 9.78 Å². The first-order valence-electron chi connectivity index (χ1n) is 9.96. The van der Waals surface area contributed by atoms with E-state index >= 15 is 0 Å². The van der Waals surface area contributed by atoms with Gasteiger partial charge in [0.15, 0.2) is 0 Å². The maximum atomic E-state index is 12.9. The van der Waals surface area contributed by atoms with Crippen LogP contribution in [0.1, 0.15) is 67.1 Å². The molecule has 3 rings (SSSR count). The Balaban J connectivity index is 1.76. The number of aromatic nitrogens is 2. The number of esters is 1. The third-order valence-corrected chi connectivity index (χ3v) is 6.34. The number of carbonyl (C=O) groups excluding carboxylic acids is 2. The summed E-state index contributed by atoms with van der Waals surface area (Å²) in [5, 5.41) is 3.45. The van der Waals surface area contributed by atoms with Gasteiger partial charge in [-0.2, -0.15) is 0 Å². The van der Waals surface area contributed by atoms with E-state index in [0.29, 0.717) is 20.7 Å². The summed E-state index contributed by atoms with van der Waals surface area (Å²) in [5.41, 5.74) is 0.257. The molecule has 8 heteroatoms. The standard InChI is InChI=1S/C20H27N3O4S/c1-3-27-20(26)17-13(2)16-18(28-17)21-12-23(19(16)25)11-15(24)22-14-9-7-5-4-6-8-10-14/h12,14H,3-11H2,1-2H3,(H,22,24). The lowest BCUT2D eigenvalue weighted by molar-refractivity contribution is -0.122. The van der Waals surface area contributed by atoms with Crippen LogP contribution >= 0.6 is 11.3 Å². The van der Waals surface area contributed by atoms with Gasteiger partial charge in [-0.15, -0.1) is 11.3 Å². The first kappa shape index (κ1) is 20.5. The fourth-order valence-corrected chi connectivity index (χ4v) is 4.72. The molecule has 0 aliphatic heterocycles. The smallest absolute Gasteiger partial charge is 0.348 e. The highest BCUT2D eigenvalue weighted by atomic mass is 32.1. The van der Waals surface area contributed by atoms with E-state index in [4.69, 9.17) is 4.74 Å².